The molecule has 0 bridgehead atoms. The zero-order valence-electron chi connectivity index (χ0n) is 23.2. The Kier molecular flexibility index (Phi) is 28.5. The van der Waals surface area contributed by atoms with Gasteiger partial charge in [-0.25, -0.2) is 14.5 Å². The Morgan fingerprint density at radius 2 is 0.850 bits per heavy atom. The van der Waals surface area contributed by atoms with Crippen molar-refractivity contribution in [2.75, 3.05) is 52.7 Å². The minimum atomic E-state index is -0.956. The molecule has 0 unspecified atom stereocenters. The van der Waals surface area contributed by atoms with Crippen LogP contribution in [0.5, 0.6) is 0 Å². The number of hydrogen-bond donors (Lipinski definition) is 4. The molecule has 0 saturated heterocycles. The van der Waals surface area contributed by atoms with Crippen molar-refractivity contribution in [2.24, 2.45) is 0 Å². The number of unbranched alkanes of at least 4 members (excludes halogenated alkanes) is 6. The number of aliphatic hydroxyl groups is 4. The fourth-order valence-corrected chi connectivity index (χ4v) is 3.02. The molecule has 0 fully saturated rings. The molecule has 0 rings (SSSR count). The van der Waals surface area contributed by atoms with E-state index in [1.54, 1.807) is 0 Å². The number of hydrogen-bond acceptors (Lipinski definition) is 12. The summed E-state index contributed by atoms with van der Waals surface area (Å²) in [6.45, 7) is -0.383. The van der Waals surface area contributed by atoms with E-state index in [0.29, 0.717) is 68.8 Å². The van der Waals surface area contributed by atoms with Gasteiger partial charge in [-0.05, 0) is 51.4 Å². The molecule has 0 aromatic heterocycles. The zero-order valence-corrected chi connectivity index (χ0v) is 23.2. The number of ether oxygens (including phenoxy) is 2. The van der Waals surface area contributed by atoms with Crippen LogP contribution in [0, 0.1) is 0 Å². The number of rotatable bonds is 22. The summed E-state index contributed by atoms with van der Waals surface area (Å²) in [4.78, 5) is 69.5. The van der Waals surface area contributed by atoms with Crippen molar-refractivity contribution < 1.29 is 58.7 Å². The molecule has 4 N–H and O–H groups in total. The van der Waals surface area contributed by atoms with Crippen LogP contribution >= 0.6 is 0 Å². The van der Waals surface area contributed by atoms with Crippen molar-refractivity contribution in [3.8, 4) is 0 Å². The maximum atomic E-state index is 11.9. The van der Waals surface area contributed by atoms with Crippen LogP contribution in [0.15, 0.2) is 0 Å². The molecule has 14 heteroatoms. The summed E-state index contributed by atoms with van der Waals surface area (Å²) in [5.41, 5.74) is 0. The van der Waals surface area contributed by atoms with Crippen molar-refractivity contribution in [1.82, 2.24) is 9.80 Å². The Labute approximate surface area is 235 Å². The Balaban J connectivity index is 0. The van der Waals surface area contributed by atoms with E-state index in [1.807, 2.05) is 0 Å². The number of aldehydes is 2. The van der Waals surface area contributed by atoms with Crippen LogP contribution < -0.4 is 0 Å². The number of amides is 4. The lowest BCUT2D eigenvalue weighted by Gasteiger charge is -2.18. The minimum absolute atomic E-state index is 0.0114. The molecule has 4 amide bonds. The molecule has 0 aliphatic carbocycles. The highest BCUT2D eigenvalue weighted by Crippen LogP contribution is 2.08. The minimum Gasteiger partial charge on any atom is -0.449 e. The van der Waals surface area contributed by atoms with Crippen LogP contribution in [0.1, 0.15) is 77.0 Å². The third-order valence-electron chi connectivity index (χ3n) is 5.21. The van der Waals surface area contributed by atoms with Crippen molar-refractivity contribution in [3.63, 3.8) is 0 Å². The van der Waals surface area contributed by atoms with Gasteiger partial charge in [0.25, 0.3) is 0 Å². The maximum Gasteiger partial charge on any atom is 0.419 e. The standard InChI is InChI=1S/C14H25NO5.C12H21NO7/c16-10-5-1-3-7-13(19)15(9-12-18)14(20)8-4-2-6-11-17;14-6-1-3-9-19-11(17)13(5-8-16)12(18)20-10-4-2-7-15/h12,16-17H,1-11H2;8,14-15H,1-7,9-10H2. The van der Waals surface area contributed by atoms with E-state index in [2.05, 4.69) is 0 Å². The van der Waals surface area contributed by atoms with E-state index in [0.717, 1.165) is 17.7 Å². The molecule has 0 spiro atoms. The summed E-state index contributed by atoms with van der Waals surface area (Å²) < 4.78 is 9.57. The molecular weight excluding hydrogens is 532 g/mol. The van der Waals surface area contributed by atoms with Crippen LogP contribution in [-0.2, 0) is 28.7 Å². The third-order valence-corrected chi connectivity index (χ3v) is 5.21. The lowest BCUT2D eigenvalue weighted by molar-refractivity contribution is -0.146. The molecule has 0 aromatic carbocycles. The van der Waals surface area contributed by atoms with Crippen molar-refractivity contribution in [3.05, 3.63) is 0 Å². The second-order valence-electron chi connectivity index (χ2n) is 8.50. The van der Waals surface area contributed by atoms with E-state index in [1.165, 1.54) is 0 Å². The average Bonchev–Trinajstić information content (AvgIpc) is 2.95. The van der Waals surface area contributed by atoms with Crippen LogP contribution in [0.3, 0.4) is 0 Å². The van der Waals surface area contributed by atoms with Gasteiger partial charge >= 0.3 is 12.2 Å². The first kappa shape index (κ1) is 39.2. The summed E-state index contributed by atoms with van der Waals surface area (Å²) >= 11 is 0. The van der Waals surface area contributed by atoms with Crippen molar-refractivity contribution in [2.45, 2.75) is 77.0 Å². The van der Waals surface area contributed by atoms with Crippen LogP contribution in [0.2, 0.25) is 0 Å². The monoisotopic (exact) mass is 578 g/mol. The zero-order chi connectivity index (χ0) is 30.4. The topological polar surface area (TPSA) is 208 Å². The number of imide groups is 2. The van der Waals surface area contributed by atoms with Gasteiger partial charge in [0.1, 0.15) is 12.6 Å². The van der Waals surface area contributed by atoms with Gasteiger partial charge in [0, 0.05) is 39.3 Å². The Bertz CT molecular complexity index is 599. The lowest BCUT2D eigenvalue weighted by atomic mass is 10.1. The lowest BCUT2D eigenvalue weighted by Crippen LogP contribution is -2.39. The van der Waals surface area contributed by atoms with Gasteiger partial charge in [-0.2, -0.15) is 0 Å². The molecule has 0 aliphatic rings. The highest BCUT2D eigenvalue weighted by Gasteiger charge is 2.24. The normalized spacial score (nSPS) is 10.1. The van der Waals surface area contributed by atoms with Gasteiger partial charge < -0.3 is 39.5 Å². The summed E-state index contributed by atoms with van der Waals surface area (Å²) in [6, 6.07) is 0. The van der Waals surface area contributed by atoms with Gasteiger partial charge in [0.2, 0.25) is 11.8 Å². The molecule has 0 aromatic rings. The van der Waals surface area contributed by atoms with Gasteiger partial charge in [-0.3, -0.25) is 14.5 Å². The van der Waals surface area contributed by atoms with Crippen molar-refractivity contribution >= 4 is 36.6 Å². The Hall–Kier alpha value is -2.94. The van der Waals surface area contributed by atoms with Gasteiger partial charge in [-0.1, -0.05) is 12.8 Å². The molecule has 0 radical (unpaired) electrons. The maximum absolute atomic E-state index is 11.9. The molecular formula is C26H46N2O12. The quantitative estimate of drug-likeness (QED) is 0.105. The van der Waals surface area contributed by atoms with E-state index in [9.17, 15) is 28.8 Å². The van der Waals surface area contributed by atoms with E-state index in [4.69, 9.17) is 29.9 Å². The number of carbonyl (C=O) groups excluding carboxylic acids is 6. The summed E-state index contributed by atoms with van der Waals surface area (Å²) in [5, 5.41) is 34.4. The third kappa shape index (κ3) is 21.9. The molecule has 40 heavy (non-hydrogen) atoms. The highest BCUT2D eigenvalue weighted by molar-refractivity contribution is 5.96. The molecule has 232 valence electrons. The van der Waals surface area contributed by atoms with E-state index >= 15 is 0 Å². The first-order valence-corrected chi connectivity index (χ1v) is 13.6. The van der Waals surface area contributed by atoms with Gasteiger partial charge in [0.15, 0.2) is 0 Å². The second-order valence-corrected chi connectivity index (χ2v) is 8.50. The molecule has 0 heterocycles. The van der Waals surface area contributed by atoms with Gasteiger partial charge in [-0.15, -0.1) is 0 Å². The smallest absolute Gasteiger partial charge is 0.419 e. The van der Waals surface area contributed by atoms with Crippen LogP contribution in [0.25, 0.3) is 0 Å². The van der Waals surface area contributed by atoms with E-state index in [-0.39, 0.29) is 70.8 Å². The molecule has 0 atom stereocenters. The molecule has 14 nitrogen and oxygen atoms in total. The number of nitrogens with zero attached hydrogens (tertiary/aromatic N) is 2. The SMILES string of the molecule is O=CCN(C(=O)CCCCCO)C(=O)CCCCCO.O=CCN(C(=O)OCCCCO)C(=O)OCCCCO. The predicted octanol–water partition coefficient (Wildman–Crippen LogP) is 0.951. The molecule has 0 aliphatic heterocycles. The number of carbonyl (C=O) groups is 6. The Morgan fingerprint density at radius 1 is 0.500 bits per heavy atom. The fraction of sp³-hybridized carbons (Fsp3) is 0.769. The van der Waals surface area contributed by atoms with Crippen molar-refractivity contribution in [1.29, 1.82) is 0 Å². The predicted molar refractivity (Wildman–Crippen MR) is 142 cm³/mol. The average molecular weight is 579 g/mol. The molecule has 0 saturated carbocycles. The number of aliphatic hydroxyl groups excluding tert-OH is 4. The summed E-state index contributed by atoms with van der Waals surface area (Å²) in [5.74, 6) is -0.663. The fourth-order valence-electron chi connectivity index (χ4n) is 3.02. The summed E-state index contributed by atoms with van der Waals surface area (Å²) in [7, 11) is 0. The first-order chi connectivity index (χ1) is 19.3. The highest BCUT2D eigenvalue weighted by atomic mass is 16.6. The second kappa shape index (κ2) is 29.1. The van der Waals surface area contributed by atoms with Crippen LogP contribution in [-0.4, -0.2) is 120 Å². The Morgan fingerprint density at radius 3 is 1.20 bits per heavy atom. The van der Waals surface area contributed by atoms with E-state index < -0.39 is 18.7 Å². The van der Waals surface area contributed by atoms with Crippen LogP contribution in [0.4, 0.5) is 9.59 Å². The largest absolute Gasteiger partial charge is 0.449 e. The summed E-state index contributed by atoms with van der Waals surface area (Å²) in [6.07, 6.45) is 5.28. The first-order valence-electron chi connectivity index (χ1n) is 13.6. The van der Waals surface area contributed by atoms with Gasteiger partial charge in [0.05, 0.1) is 26.3 Å².